The predicted molar refractivity (Wildman–Crippen MR) is 75.3 cm³/mol. The highest BCUT2D eigenvalue weighted by atomic mass is 16.5. The number of hydrogen-bond acceptors (Lipinski definition) is 5. The van der Waals surface area contributed by atoms with Gasteiger partial charge in [0, 0.05) is 6.42 Å². The lowest BCUT2D eigenvalue weighted by molar-refractivity contribution is -0.150. The number of nitrogens with one attached hydrogen (secondary N) is 1. The fourth-order valence-electron chi connectivity index (χ4n) is 1.75. The highest BCUT2D eigenvalue weighted by molar-refractivity contribution is 5.88. The lowest BCUT2D eigenvalue weighted by Gasteiger charge is -2.15. The molecule has 6 nitrogen and oxygen atoms in total. The number of rotatable bonds is 7. The van der Waals surface area contributed by atoms with Gasteiger partial charge >= 0.3 is 11.9 Å². The minimum Gasteiger partial charge on any atom is -0.469 e. The van der Waals surface area contributed by atoms with E-state index in [0.717, 1.165) is 5.56 Å². The van der Waals surface area contributed by atoms with Gasteiger partial charge in [0.25, 0.3) is 0 Å². The van der Waals surface area contributed by atoms with Crippen molar-refractivity contribution in [1.82, 2.24) is 5.32 Å². The van der Waals surface area contributed by atoms with Gasteiger partial charge in [-0.05, 0) is 12.0 Å². The van der Waals surface area contributed by atoms with Gasteiger partial charge in [0.2, 0.25) is 5.91 Å². The summed E-state index contributed by atoms with van der Waals surface area (Å²) in [5.74, 6) is -1.58. The molecule has 21 heavy (non-hydrogen) atoms. The molecule has 0 bridgehead atoms. The monoisotopic (exact) mass is 293 g/mol. The Labute approximate surface area is 123 Å². The van der Waals surface area contributed by atoms with Crippen LogP contribution in [-0.4, -0.2) is 38.1 Å². The van der Waals surface area contributed by atoms with Crippen molar-refractivity contribution in [3.63, 3.8) is 0 Å². The summed E-state index contributed by atoms with van der Waals surface area (Å²) in [6.45, 7) is 0. The van der Waals surface area contributed by atoms with Gasteiger partial charge in [-0.2, -0.15) is 0 Å². The molecule has 0 fully saturated rings. The zero-order valence-corrected chi connectivity index (χ0v) is 12.1. The average Bonchev–Trinajstić information content (AvgIpc) is 2.52. The minimum absolute atomic E-state index is 0.221. The maximum absolute atomic E-state index is 11.8. The van der Waals surface area contributed by atoms with Crippen LogP contribution in [0.1, 0.15) is 18.4 Å². The Hall–Kier alpha value is -2.37. The van der Waals surface area contributed by atoms with Gasteiger partial charge in [-0.15, -0.1) is 0 Å². The molecule has 1 amide bonds. The van der Waals surface area contributed by atoms with Gasteiger partial charge in [0.1, 0.15) is 6.04 Å². The van der Waals surface area contributed by atoms with Crippen molar-refractivity contribution in [2.75, 3.05) is 14.2 Å². The van der Waals surface area contributed by atoms with Gasteiger partial charge in [-0.3, -0.25) is 9.59 Å². The Morgan fingerprint density at radius 3 is 2.33 bits per heavy atom. The molecule has 1 aromatic rings. The van der Waals surface area contributed by atoms with Crippen LogP contribution in [0.2, 0.25) is 0 Å². The predicted octanol–water partition coefficient (Wildman–Crippen LogP) is 0.840. The molecule has 0 radical (unpaired) electrons. The van der Waals surface area contributed by atoms with E-state index >= 15 is 0 Å². The van der Waals surface area contributed by atoms with Crippen molar-refractivity contribution in [1.29, 1.82) is 0 Å². The second-order valence-electron chi connectivity index (χ2n) is 4.41. The number of carbonyl (C=O) groups excluding carboxylic acids is 3. The first-order valence-electron chi connectivity index (χ1n) is 6.54. The molecule has 0 aliphatic carbocycles. The Morgan fingerprint density at radius 2 is 1.76 bits per heavy atom. The van der Waals surface area contributed by atoms with E-state index in [1.807, 2.05) is 30.3 Å². The topological polar surface area (TPSA) is 81.7 Å². The van der Waals surface area contributed by atoms with Crippen LogP contribution in [-0.2, 0) is 30.3 Å². The molecule has 0 unspecified atom stereocenters. The first-order valence-corrected chi connectivity index (χ1v) is 6.54. The van der Waals surface area contributed by atoms with Crippen molar-refractivity contribution < 1.29 is 23.9 Å². The van der Waals surface area contributed by atoms with Crippen LogP contribution in [0.25, 0.3) is 0 Å². The molecule has 114 valence electrons. The molecule has 1 atom stereocenters. The van der Waals surface area contributed by atoms with E-state index in [-0.39, 0.29) is 18.7 Å². The SMILES string of the molecule is COC(=O)C[C@H](NC(=O)CCc1ccccc1)C(=O)OC. The first kappa shape index (κ1) is 16.7. The summed E-state index contributed by atoms with van der Waals surface area (Å²) >= 11 is 0. The van der Waals surface area contributed by atoms with E-state index in [9.17, 15) is 14.4 Å². The third kappa shape index (κ3) is 6.07. The maximum atomic E-state index is 11.8. The second kappa shape index (κ2) is 8.73. The van der Waals surface area contributed by atoms with Crippen LogP contribution in [0.3, 0.4) is 0 Å². The molecule has 0 aliphatic rings. The number of ether oxygens (including phenoxy) is 2. The summed E-state index contributed by atoms with van der Waals surface area (Å²) in [6.07, 6.45) is 0.526. The average molecular weight is 293 g/mol. The molecular formula is C15H19NO5. The molecular weight excluding hydrogens is 274 g/mol. The van der Waals surface area contributed by atoms with E-state index in [1.54, 1.807) is 0 Å². The summed E-state index contributed by atoms with van der Waals surface area (Å²) in [5, 5.41) is 2.49. The molecule has 0 saturated heterocycles. The fourth-order valence-corrected chi connectivity index (χ4v) is 1.75. The molecule has 1 rings (SSSR count). The van der Waals surface area contributed by atoms with E-state index in [1.165, 1.54) is 14.2 Å². The van der Waals surface area contributed by atoms with Gasteiger partial charge in [0.05, 0.1) is 20.6 Å². The van der Waals surface area contributed by atoms with Crippen molar-refractivity contribution in [3.8, 4) is 0 Å². The van der Waals surface area contributed by atoms with Crippen LogP contribution in [0.4, 0.5) is 0 Å². The van der Waals surface area contributed by atoms with E-state index < -0.39 is 18.0 Å². The summed E-state index contributed by atoms with van der Waals surface area (Å²) in [7, 11) is 2.41. The number of benzene rings is 1. The Balaban J connectivity index is 2.51. The largest absolute Gasteiger partial charge is 0.469 e. The maximum Gasteiger partial charge on any atom is 0.328 e. The lowest BCUT2D eigenvalue weighted by Crippen LogP contribution is -2.43. The summed E-state index contributed by atoms with van der Waals surface area (Å²) in [6, 6.07) is 8.49. The number of carbonyl (C=O) groups is 3. The number of amides is 1. The van der Waals surface area contributed by atoms with Gasteiger partial charge in [-0.1, -0.05) is 30.3 Å². The van der Waals surface area contributed by atoms with Gasteiger partial charge < -0.3 is 14.8 Å². The molecule has 0 heterocycles. The van der Waals surface area contributed by atoms with Crippen molar-refractivity contribution in [2.45, 2.75) is 25.3 Å². The van der Waals surface area contributed by atoms with Crippen LogP contribution >= 0.6 is 0 Å². The Morgan fingerprint density at radius 1 is 1.10 bits per heavy atom. The van der Waals surface area contributed by atoms with Crippen molar-refractivity contribution in [3.05, 3.63) is 35.9 Å². The number of methoxy groups -OCH3 is 2. The molecule has 0 aromatic heterocycles. The van der Waals surface area contributed by atoms with E-state index in [2.05, 4.69) is 14.8 Å². The highest BCUT2D eigenvalue weighted by Gasteiger charge is 2.24. The second-order valence-corrected chi connectivity index (χ2v) is 4.41. The third-order valence-electron chi connectivity index (χ3n) is 2.90. The van der Waals surface area contributed by atoms with Crippen LogP contribution in [0, 0.1) is 0 Å². The standard InChI is InChI=1S/C15H19NO5/c1-20-14(18)10-12(15(19)21-2)16-13(17)9-8-11-6-4-3-5-7-11/h3-7,12H,8-10H2,1-2H3,(H,16,17)/t12-/m0/s1. The minimum atomic E-state index is -1.02. The van der Waals surface area contributed by atoms with Gasteiger partial charge in [-0.25, -0.2) is 4.79 Å². The quantitative estimate of drug-likeness (QED) is 0.753. The molecule has 0 aliphatic heterocycles. The van der Waals surface area contributed by atoms with Crippen LogP contribution < -0.4 is 5.32 Å². The summed E-state index contributed by atoms with van der Waals surface area (Å²) in [5.41, 5.74) is 1.02. The zero-order chi connectivity index (χ0) is 15.7. The third-order valence-corrected chi connectivity index (χ3v) is 2.90. The normalized spacial score (nSPS) is 11.3. The van der Waals surface area contributed by atoms with Crippen LogP contribution in [0.5, 0.6) is 0 Å². The number of esters is 2. The van der Waals surface area contributed by atoms with E-state index in [4.69, 9.17) is 0 Å². The smallest absolute Gasteiger partial charge is 0.328 e. The fraction of sp³-hybridized carbons (Fsp3) is 0.400. The zero-order valence-electron chi connectivity index (χ0n) is 12.1. The molecule has 0 spiro atoms. The van der Waals surface area contributed by atoms with Crippen molar-refractivity contribution >= 4 is 17.8 Å². The lowest BCUT2D eigenvalue weighted by atomic mass is 10.1. The van der Waals surface area contributed by atoms with Gasteiger partial charge in [0.15, 0.2) is 0 Å². The molecule has 1 aromatic carbocycles. The van der Waals surface area contributed by atoms with E-state index in [0.29, 0.717) is 6.42 Å². The molecule has 1 N–H and O–H groups in total. The van der Waals surface area contributed by atoms with Crippen molar-refractivity contribution in [2.24, 2.45) is 0 Å². The number of hydrogen-bond donors (Lipinski definition) is 1. The Kier molecular flexibility index (Phi) is 6.94. The summed E-state index contributed by atoms with van der Waals surface area (Å²) in [4.78, 5) is 34.6. The molecule has 0 saturated carbocycles. The summed E-state index contributed by atoms with van der Waals surface area (Å²) < 4.78 is 9.05. The van der Waals surface area contributed by atoms with Crippen LogP contribution in [0.15, 0.2) is 30.3 Å². The number of aryl methyl sites for hydroxylation is 1. The highest BCUT2D eigenvalue weighted by Crippen LogP contribution is 2.04. The Bertz CT molecular complexity index is 486. The first-order chi connectivity index (χ1) is 10.1. The molecule has 6 heteroatoms.